The smallest absolute Gasteiger partial charge is 0.526 e. The lowest BCUT2D eigenvalue weighted by molar-refractivity contribution is 0.396. The van der Waals surface area contributed by atoms with E-state index in [-0.39, 0.29) is 0 Å². The van der Waals surface area contributed by atoms with Crippen molar-refractivity contribution in [1.29, 1.82) is 0 Å². The van der Waals surface area contributed by atoms with Gasteiger partial charge in [-0.15, -0.1) is 0 Å². The molecule has 0 radical (unpaired) electrons. The molecular weight excluding hydrogens is 566 g/mol. The van der Waals surface area contributed by atoms with Gasteiger partial charge >= 0.3 is 14.0 Å². The first kappa shape index (κ1) is 25.5. The van der Waals surface area contributed by atoms with Crippen LogP contribution >= 0.6 is 0 Å². The van der Waals surface area contributed by atoms with E-state index in [1.807, 2.05) is 24.3 Å². The first-order valence-electron chi connectivity index (χ1n) is 15.5. The van der Waals surface area contributed by atoms with E-state index in [0.29, 0.717) is 23.0 Å². The Balaban J connectivity index is 1.20. The first-order valence-corrected chi connectivity index (χ1v) is 15.5. The van der Waals surface area contributed by atoms with Crippen molar-refractivity contribution in [2.75, 3.05) is 0 Å². The number of hydrogen-bond acceptors (Lipinski definition) is 4. The molecule has 0 saturated heterocycles. The quantitative estimate of drug-likeness (QED) is 0.178. The molecule has 0 aromatic heterocycles. The normalized spacial score (nSPS) is 13.4. The molecule has 6 heteroatoms. The van der Waals surface area contributed by atoms with Crippen LogP contribution in [0.3, 0.4) is 0 Å². The lowest BCUT2D eigenvalue weighted by Crippen LogP contribution is -2.53. The zero-order valence-electron chi connectivity index (χ0n) is 24.6. The van der Waals surface area contributed by atoms with Crippen LogP contribution < -0.4 is 18.6 Å². The third kappa shape index (κ3) is 3.77. The van der Waals surface area contributed by atoms with Gasteiger partial charge in [0.1, 0.15) is 23.0 Å². The molecule has 4 nitrogen and oxygen atoms in total. The van der Waals surface area contributed by atoms with Crippen LogP contribution in [0.1, 0.15) is 0 Å². The number of hydrogen-bond donors (Lipinski definition) is 0. The van der Waals surface area contributed by atoms with Crippen molar-refractivity contribution in [1.82, 2.24) is 0 Å². The maximum Gasteiger partial charge on any atom is 0.658 e. The van der Waals surface area contributed by atoms with Crippen molar-refractivity contribution in [2.45, 2.75) is 0 Å². The van der Waals surface area contributed by atoms with E-state index in [4.69, 9.17) is 18.6 Å². The number of fused-ring (bicyclic) bond motifs is 14. The summed E-state index contributed by atoms with van der Waals surface area (Å²) in [4.78, 5) is 0. The van der Waals surface area contributed by atoms with Crippen molar-refractivity contribution in [3.63, 3.8) is 0 Å². The van der Waals surface area contributed by atoms with E-state index in [0.717, 1.165) is 65.3 Å². The van der Waals surface area contributed by atoms with Gasteiger partial charge in [0.15, 0.2) is 0 Å². The van der Waals surface area contributed by atoms with Gasteiger partial charge in [0.25, 0.3) is 0 Å². The molecule has 0 unspecified atom stereocenters. The largest absolute Gasteiger partial charge is 0.658 e. The van der Waals surface area contributed by atoms with Crippen molar-refractivity contribution < 1.29 is 18.6 Å². The lowest BCUT2D eigenvalue weighted by Gasteiger charge is -2.20. The summed E-state index contributed by atoms with van der Waals surface area (Å²) in [6.45, 7) is 0. The van der Waals surface area contributed by atoms with E-state index < -0.39 is 14.0 Å². The zero-order chi connectivity index (χ0) is 30.2. The minimum absolute atomic E-state index is 0.715. The average molecular weight is 590 g/mol. The fraction of sp³-hybridized carbons (Fsp3) is 0. The summed E-state index contributed by atoms with van der Waals surface area (Å²) in [5.41, 5.74) is 4.00. The Labute approximate surface area is 266 Å². The molecule has 214 valence electrons. The summed E-state index contributed by atoms with van der Waals surface area (Å²) < 4.78 is 27.3. The third-order valence-electron chi connectivity index (χ3n) is 9.26. The molecule has 8 aromatic carbocycles. The van der Waals surface area contributed by atoms with Crippen LogP contribution in [0.5, 0.6) is 23.0 Å². The summed E-state index contributed by atoms with van der Waals surface area (Å²) in [5.74, 6) is 2.86. The van der Waals surface area contributed by atoms with Gasteiger partial charge in [-0.1, -0.05) is 121 Å². The van der Waals surface area contributed by atoms with Gasteiger partial charge in [-0.3, -0.25) is 0 Å². The highest BCUT2D eigenvalue weighted by Gasteiger charge is 2.52. The second kappa shape index (κ2) is 9.82. The fourth-order valence-corrected chi connectivity index (χ4v) is 7.20. The molecule has 0 bridgehead atoms. The van der Waals surface area contributed by atoms with Crippen molar-refractivity contribution in [3.05, 3.63) is 146 Å². The predicted molar refractivity (Wildman–Crippen MR) is 188 cm³/mol. The van der Waals surface area contributed by atoms with Crippen molar-refractivity contribution in [3.8, 4) is 45.3 Å². The van der Waals surface area contributed by atoms with Crippen LogP contribution in [0, 0.1) is 0 Å². The lowest BCUT2D eigenvalue weighted by atomic mass is 9.48. The molecule has 2 aliphatic heterocycles. The van der Waals surface area contributed by atoms with Crippen LogP contribution in [0.25, 0.3) is 65.3 Å². The summed E-state index contributed by atoms with van der Waals surface area (Å²) in [6, 6.07) is 50.1. The second-order valence-corrected chi connectivity index (χ2v) is 11.8. The molecule has 0 fully saturated rings. The van der Waals surface area contributed by atoms with Crippen LogP contribution in [0.4, 0.5) is 0 Å². The third-order valence-corrected chi connectivity index (χ3v) is 9.26. The molecule has 8 aromatic rings. The maximum atomic E-state index is 6.82. The highest BCUT2D eigenvalue weighted by molar-refractivity contribution is 7.12. The van der Waals surface area contributed by atoms with E-state index in [9.17, 15) is 0 Å². The topological polar surface area (TPSA) is 36.9 Å². The molecule has 10 rings (SSSR count). The molecule has 0 aliphatic carbocycles. The Bertz CT molecular complexity index is 2180. The molecule has 46 heavy (non-hydrogen) atoms. The van der Waals surface area contributed by atoms with Gasteiger partial charge in [0.2, 0.25) is 0 Å². The van der Waals surface area contributed by atoms with Gasteiger partial charge < -0.3 is 18.6 Å². The number of rotatable bonds is 1. The summed E-state index contributed by atoms with van der Waals surface area (Å²) >= 11 is 0. The highest BCUT2D eigenvalue weighted by Crippen LogP contribution is 2.50. The Morgan fingerprint density at radius 1 is 0.261 bits per heavy atom. The van der Waals surface area contributed by atoms with Crippen LogP contribution in [0.2, 0.25) is 0 Å². The molecule has 2 heterocycles. The van der Waals surface area contributed by atoms with E-state index in [1.54, 1.807) is 0 Å². The molecule has 0 amide bonds. The minimum atomic E-state index is -0.918. The SMILES string of the molecule is c1ccc2c3c(ccc2c1)OB(B1Oc2ccc4ccccc4c2-c2c(ccc4ccccc24)O1)Oc1ccc2ccccc2c1-3. The Morgan fingerprint density at radius 2 is 0.500 bits per heavy atom. The molecule has 0 spiro atoms. The van der Waals surface area contributed by atoms with E-state index in [1.165, 1.54) is 0 Å². The molecule has 0 N–H and O–H groups in total. The molecular formula is C40H24B2O4. The van der Waals surface area contributed by atoms with Gasteiger partial charge in [-0.2, -0.15) is 0 Å². The van der Waals surface area contributed by atoms with Gasteiger partial charge in [-0.25, -0.2) is 0 Å². The zero-order valence-corrected chi connectivity index (χ0v) is 24.6. The first-order chi connectivity index (χ1) is 22.8. The van der Waals surface area contributed by atoms with Gasteiger partial charge in [0, 0.05) is 22.3 Å². The average Bonchev–Trinajstić information content (AvgIpc) is 3.40. The van der Waals surface area contributed by atoms with Crippen LogP contribution in [-0.4, -0.2) is 14.0 Å². The van der Waals surface area contributed by atoms with Crippen molar-refractivity contribution >= 4 is 57.1 Å². The van der Waals surface area contributed by atoms with Crippen LogP contribution in [0.15, 0.2) is 146 Å². The monoisotopic (exact) mass is 590 g/mol. The van der Waals surface area contributed by atoms with Gasteiger partial charge in [-0.05, 0) is 67.4 Å². The van der Waals surface area contributed by atoms with Crippen LogP contribution in [-0.2, 0) is 0 Å². The Morgan fingerprint density at radius 3 is 0.761 bits per heavy atom. The minimum Gasteiger partial charge on any atom is -0.526 e. The summed E-state index contributed by atoms with van der Waals surface area (Å²) in [6.07, 6.45) is 0. The summed E-state index contributed by atoms with van der Waals surface area (Å²) in [7, 11) is -1.84. The van der Waals surface area contributed by atoms with E-state index >= 15 is 0 Å². The Kier molecular flexibility index (Phi) is 5.43. The predicted octanol–water partition coefficient (Wildman–Crippen LogP) is 9.93. The fourth-order valence-electron chi connectivity index (χ4n) is 7.20. The number of benzene rings is 8. The molecule has 0 saturated carbocycles. The second-order valence-electron chi connectivity index (χ2n) is 11.8. The Hall–Kier alpha value is -5.87. The van der Waals surface area contributed by atoms with E-state index in [2.05, 4.69) is 121 Å². The standard InChI is InChI=1S/C40H24B2O4/c1-5-13-29-25(9-1)17-21-33-37(29)38-30-14-6-2-10-26(30)18-22-34(38)44-41(43-33)42-45-35-23-19-27-11-3-7-15-31(27)39(35)40-32-16-8-4-12-28(32)20-24-36(40)46-42/h1-24H. The van der Waals surface area contributed by atoms with Crippen molar-refractivity contribution in [2.24, 2.45) is 0 Å². The highest BCUT2D eigenvalue weighted by atomic mass is 16.7. The summed E-state index contributed by atoms with van der Waals surface area (Å²) in [5, 5.41) is 8.90. The maximum absolute atomic E-state index is 6.82. The van der Waals surface area contributed by atoms with Gasteiger partial charge in [0.05, 0.1) is 0 Å². The molecule has 2 aliphatic rings. The molecule has 0 atom stereocenters.